The average molecular weight is 427 g/mol. The maximum absolute atomic E-state index is 12.1. The minimum atomic E-state index is -0.338. The summed E-state index contributed by atoms with van der Waals surface area (Å²) >= 11 is 19.5. The van der Waals surface area contributed by atoms with Crippen LogP contribution in [0.3, 0.4) is 0 Å². The fourth-order valence-corrected chi connectivity index (χ4v) is 3.87. The van der Waals surface area contributed by atoms with Crippen LogP contribution in [0.4, 0.5) is 10.5 Å². The Balaban J connectivity index is 1.65. The first-order valence-corrected chi connectivity index (χ1v) is 9.60. The lowest BCUT2D eigenvalue weighted by Gasteiger charge is -2.08. The predicted molar refractivity (Wildman–Crippen MR) is 110 cm³/mol. The van der Waals surface area contributed by atoms with E-state index in [4.69, 9.17) is 34.8 Å². The van der Waals surface area contributed by atoms with Crippen molar-refractivity contribution in [3.63, 3.8) is 0 Å². The summed E-state index contributed by atoms with van der Waals surface area (Å²) in [5.74, 6) is 0. The molecule has 0 atom stereocenters. The summed E-state index contributed by atoms with van der Waals surface area (Å²) in [5, 5.41) is 7.83. The number of benzene rings is 2. The third-order valence-corrected chi connectivity index (χ3v) is 5.84. The highest BCUT2D eigenvalue weighted by atomic mass is 35.5. The second-order valence-corrected chi connectivity index (χ2v) is 7.75. The van der Waals surface area contributed by atoms with Crippen LogP contribution in [-0.2, 0) is 6.54 Å². The number of aryl methyl sites for hydroxylation is 1. The van der Waals surface area contributed by atoms with Crippen molar-refractivity contribution in [2.75, 3.05) is 5.32 Å². The summed E-state index contributed by atoms with van der Waals surface area (Å²) < 4.78 is 0. The van der Waals surface area contributed by atoms with E-state index in [9.17, 15) is 4.79 Å². The lowest BCUT2D eigenvalue weighted by atomic mass is 10.2. The normalized spacial score (nSPS) is 10.6. The number of nitrogens with one attached hydrogen (secondary N) is 2. The lowest BCUT2D eigenvalue weighted by Crippen LogP contribution is -2.28. The van der Waals surface area contributed by atoms with Crippen LogP contribution in [-0.4, -0.2) is 11.0 Å². The second-order valence-electron chi connectivity index (χ2n) is 5.44. The van der Waals surface area contributed by atoms with Crippen molar-refractivity contribution in [1.82, 2.24) is 10.3 Å². The van der Waals surface area contributed by atoms with Gasteiger partial charge in [0.25, 0.3) is 0 Å². The largest absolute Gasteiger partial charge is 0.333 e. The van der Waals surface area contributed by atoms with Crippen LogP contribution in [0, 0.1) is 6.92 Å². The summed E-state index contributed by atoms with van der Waals surface area (Å²) in [4.78, 5) is 17.6. The van der Waals surface area contributed by atoms with Crippen molar-refractivity contribution >= 4 is 57.9 Å². The zero-order valence-electron chi connectivity index (χ0n) is 13.6. The Labute approximate surface area is 170 Å². The van der Waals surface area contributed by atoms with Gasteiger partial charge in [-0.3, -0.25) is 0 Å². The summed E-state index contributed by atoms with van der Waals surface area (Å²) in [6.07, 6.45) is 0. The van der Waals surface area contributed by atoms with E-state index >= 15 is 0 Å². The number of aromatic nitrogens is 1. The van der Waals surface area contributed by atoms with Gasteiger partial charge in [0, 0.05) is 16.1 Å². The van der Waals surface area contributed by atoms with Crippen molar-refractivity contribution in [3.05, 3.63) is 68.1 Å². The molecule has 0 saturated heterocycles. The average Bonchev–Trinajstić information content (AvgIpc) is 2.97. The number of hydrogen-bond acceptors (Lipinski definition) is 3. The summed E-state index contributed by atoms with van der Waals surface area (Å²) in [5.41, 5.74) is 2.31. The zero-order chi connectivity index (χ0) is 18.7. The Morgan fingerprint density at radius 3 is 2.58 bits per heavy atom. The molecule has 1 aromatic heterocycles. The Bertz CT molecular complexity index is 959. The molecule has 0 spiro atoms. The Morgan fingerprint density at radius 1 is 1.08 bits per heavy atom. The molecule has 0 aliphatic rings. The van der Waals surface area contributed by atoms with E-state index in [-0.39, 0.29) is 6.03 Å². The molecule has 8 heteroatoms. The van der Waals surface area contributed by atoms with Gasteiger partial charge < -0.3 is 10.6 Å². The monoisotopic (exact) mass is 425 g/mol. The SMILES string of the molecule is Cc1nc(-c2ccccc2Cl)sc1CNC(=O)Nc1ccc(Cl)c(Cl)c1. The molecule has 0 saturated carbocycles. The van der Waals surface area contributed by atoms with E-state index in [1.807, 2.05) is 31.2 Å². The lowest BCUT2D eigenvalue weighted by molar-refractivity contribution is 0.252. The fraction of sp³-hybridized carbons (Fsp3) is 0.111. The van der Waals surface area contributed by atoms with E-state index in [1.54, 1.807) is 18.2 Å². The zero-order valence-corrected chi connectivity index (χ0v) is 16.7. The third-order valence-electron chi connectivity index (χ3n) is 3.58. The topological polar surface area (TPSA) is 54.0 Å². The second kappa shape index (κ2) is 8.27. The molecule has 26 heavy (non-hydrogen) atoms. The van der Waals surface area contributed by atoms with Crippen LogP contribution in [0.2, 0.25) is 15.1 Å². The predicted octanol–water partition coefficient (Wildman–Crippen LogP) is 6.40. The minimum absolute atomic E-state index is 0.338. The van der Waals surface area contributed by atoms with Gasteiger partial charge in [0.2, 0.25) is 0 Å². The maximum atomic E-state index is 12.1. The van der Waals surface area contributed by atoms with Crippen molar-refractivity contribution in [1.29, 1.82) is 0 Å². The molecule has 2 aromatic carbocycles. The number of amides is 2. The number of halogens is 3. The first-order valence-electron chi connectivity index (χ1n) is 7.65. The summed E-state index contributed by atoms with van der Waals surface area (Å²) in [7, 11) is 0. The molecule has 4 nitrogen and oxygen atoms in total. The van der Waals surface area contributed by atoms with Gasteiger partial charge >= 0.3 is 6.03 Å². The molecule has 0 fully saturated rings. The number of urea groups is 1. The van der Waals surface area contributed by atoms with Crippen molar-refractivity contribution in [3.8, 4) is 10.6 Å². The van der Waals surface area contributed by atoms with Gasteiger partial charge in [0.15, 0.2) is 0 Å². The van der Waals surface area contributed by atoms with E-state index in [0.29, 0.717) is 27.3 Å². The van der Waals surface area contributed by atoms with Gasteiger partial charge in [0.05, 0.1) is 27.3 Å². The van der Waals surface area contributed by atoms with Crippen molar-refractivity contribution in [2.24, 2.45) is 0 Å². The highest BCUT2D eigenvalue weighted by molar-refractivity contribution is 7.15. The molecule has 134 valence electrons. The standard InChI is InChI=1S/C18H14Cl3N3OS/c1-10-16(26-17(23-10)12-4-2-3-5-13(12)19)9-22-18(25)24-11-6-7-14(20)15(21)8-11/h2-8H,9H2,1H3,(H2,22,24,25). The highest BCUT2D eigenvalue weighted by Gasteiger charge is 2.13. The molecule has 3 aromatic rings. The molecule has 0 aliphatic heterocycles. The quantitative estimate of drug-likeness (QED) is 0.507. The Morgan fingerprint density at radius 2 is 1.85 bits per heavy atom. The van der Waals surface area contributed by atoms with Crippen LogP contribution < -0.4 is 10.6 Å². The van der Waals surface area contributed by atoms with Crippen LogP contribution in [0.15, 0.2) is 42.5 Å². The van der Waals surface area contributed by atoms with Crippen LogP contribution in [0.25, 0.3) is 10.6 Å². The number of carbonyl (C=O) groups excluding carboxylic acids is 1. The molecule has 0 aliphatic carbocycles. The van der Waals surface area contributed by atoms with Crippen LogP contribution >= 0.6 is 46.1 Å². The van der Waals surface area contributed by atoms with Crippen LogP contribution in [0.1, 0.15) is 10.6 Å². The molecule has 2 amide bonds. The number of hydrogen-bond donors (Lipinski definition) is 2. The molecular weight excluding hydrogens is 413 g/mol. The Hall–Kier alpha value is -1.79. The number of thiazole rings is 1. The molecule has 0 radical (unpaired) electrons. The highest BCUT2D eigenvalue weighted by Crippen LogP contribution is 2.32. The summed E-state index contributed by atoms with van der Waals surface area (Å²) in [6.45, 7) is 2.27. The van der Waals surface area contributed by atoms with Gasteiger partial charge in [-0.05, 0) is 31.2 Å². The molecule has 0 bridgehead atoms. The molecule has 2 N–H and O–H groups in total. The van der Waals surface area contributed by atoms with Gasteiger partial charge in [-0.1, -0.05) is 53.0 Å². The number of nitrogens with zero attached hydrogens (tertiary/aromatic N) is 1. The first kappa shape index (κ1) is 19.0. The Kier molecular flexibility index (Phi) is 6.04. The van der Waals surface area contributed by atoms with E-state index in [2.05, 4.69) is 15.6 Å². The molecular formula is C18H14Cl3N3OS. The maximum Gasteiger partial charge on any atom is 0.319 e. The van der Waals surface area contributed by atoms with E-state index < -0.39 is 0 Å². The molecule has 3 rings (SSSR count). The van der Waals surface area contributed by atoms with Gasteiger partial charge in [-0.25, -0.2) is 9.78 Å². The fourth-order valence-electron chi connectivity index (χ4n) is 2.25. The number of anilines is 1. The van der Waals surface area contributed by atoms with Gasteiger partial charge in [-0.2, -0.15) is 0 Å². The first-order chi connectivity index (χ1) is 12.4. The van der Waals surface area contributed by atoms with E-state index in [1.165, 1.54) is 11.3 Å². The van der Waals surface area contributed by atoms with Gasteiger partial charge in [-0.15, -0.1) is 11.3 Å². The number of carbonyl (C=O) groups is 1. The van der Waals surface area contributed by atoms with Crippen molar-refractivity contribution < 1.29 is 4.79 Å². The third kappa shape index (κ3) is 4.48. The summed E-state index contributed by atoms with van der Waals surface area (Å²) in [6, 6.07) is 12.1. The minimum Gasteiger partial charge on any atom is -0.333 e. The van der Waals surface area contributed by atoms with Gasteiger partial charge in [0.1, 0.15) is 5.01 Å². The molecule has 1 heterocycles. The van der Waals surface area contributed by atoms with Crippen molar-refractivity contribution in [2.45, 2.75) is 13.5 Å². The van der Waals surface area contributed by atoms with Crippen LogP contribution in [0.5, 0.6) is 0 Å². The number of rotatable bonds is 4. The smallest absolute Gasteiger partial charge is 0.319 e. The molecule has 0 unspecified atom stereocenters. The van der Waals surface area contributed by atoms with E-state index in [0.717, 1.165) is 21.1 Å².